The molecule has 0 N–H and O–H groups in total. The lowest BCUT2D eigenvalue weighted by Gasteiger charge is -2.21. The predicted molar refractivity (Wildman–Crippen MR) is 74.9 cm³/mol. The van der Waals surface area contributed by atoms with E-state index < -0.39 is 17.5 Å². The van der Waals surface area contributed by atoms with Gasteiger partial charge in [-0.25, -0.2) is 8.78 Å². The minimum Gasteiger partial charge on any atom is -0.308 e. The first-order valence-corrected chi connectivity index (χ1v) is 6.36. The van der Waals surface area contributed by atoms with Crippen LogP contribution in [-0.4, -0.2) is 12.5 Å². The number of halogens is 2. The fourth-order valence-electron chi connectivity index (χ4n) is 2.03. The van der Waals surface area contributed by atoms with Crippen LogP contribution in [0.3, 0.4) is 0 Å². The van der Waals surface area contributed by atoms with E-state index in [1.165, 1.54) is 35.2 Å². The summed E-state index contributed by atoms with van der Waals surface area (Å²) in [5, 5.41) is 0. The number of benzene rings is 2. The van der Waals surface area contributed by atoms with Crippen LogP contribution in [0.5, 0.6) is 0 Å². The standard InChI is InChI=1S/C16H15F2NO/c1-3-19(13-6-4-5-12(17)10-13)16(20)14-8-7-11(2)9-15(14)18/h4-10H,3H2,1-2H3. The summed E-state index contributed by atoms with van der Waals surface area (Å²) < 4.78 is 27.1. The van der Waals surface area contributed by atoms with E-state index in [1.54, 1.807) is 26.0 Å². The van der Waals surface area contributed by atoms with Crippen LogP contribution >= 0.6 is 0 Å². The second-order valence-corrected chi connectivity index (χ2v) is 4.51. The molecule has 0 aliphatic carbocycles. The third kappa shape index (κ3) is 2.85. The van der Waals surface area contributed by atoms with E-state index >= 15 is 0 Å². The van der Waals surface area contributed by atoms with Crippen LogP contribution in [-0.2, 0) is 0 Å². The number of carbonyl (C=O) groups is 1. The number of anilines is 1. The van der Waals surface area contributed by atoms with Crippen molar-refractivity contribution in [3.05, 3.63) is 65.2 Å². The van der Waals surface area contributed by atoms with Gasteiger partial charge >= 0.3 is 0 Å². The maximum atomic E-state index is 13.9. The highest BCUT2D eigenvalue weighted by molar-refractivity contribution is 6.06. The van der Waals surface area contributed by atoms with Crippen molar-refractivity contribution in [3.63, 3.8) is 0 Å². The van der Waals surface area contributed by atoms with Gasteiger partial charge < -0.3 is 4.90 Å². The van der Waals surface area contributed by atoms with Gasteiger partial charge in [-0.05, 0) is 49.7 Å². The number of aryl methyl sites for hydroxylation is 1. The molecule has 0 bridgehead atoms. The Bertz CT molecular complexity index is 640. The fourth-order valence-corrected chi connectivity index (χ4v) is 2.03. The summed E-state index contributed by atoms with van der Waals surface area (Å²) in [5.74, 6) is -1.47. The topological polar surface area (TPSA) is 20.3 Å². The molecule has 2 rings (SSSR count). The van der Waals surface area contributed by atoms with Gasteiger partial charge in [0.05, 0.1) is 5.56 Å². The summed E-state index contributed by atoms with van der Waals surface area (Å²) in [4.78, 5) is 13.7. The lowest BCUT2D eigenvalue weighted by molar-refractivity contribution is 0.0984. The molecule has 2 aromatic carbocycles. The van der Waals surface area contributed by atoms with Gasteiger partial charge in [0.1, 0.15) is 11.6 Å². The largest absolute Gasteiger partial charge is 0.308 e. The smallest absolute Gasteiger partial charge is 0.261 e. The molecule has 2 nitrogen and oxygen atoms in total. The monoisotopic (exact) mass is 275 g/mol. The van der Waals surface area contributed by atoms with Gasteiger partial charge in [0.2, 0.25) is 0 Å². The molecule has 0 saturated carbocycles. The van der Waals surface area contributed by atoms with Crippen LogP contribution in [0.25, 0.3) is 0 Å². The van der Waals surface area contributed by atoms with Crippen molar-refractivity contribution in [2.45, 2.75) is 13.8 Å². The first-order valence-electron chi connectivity index (χ1n) is 6.36. The summed E-state index contributed by atoms with van der Waals surface area (Å²) in [5.41, 5.74) is 1.15. The summed E-state index contributed by atoms with van der Waals surface area (Å²) in [7, 11) is 0. The number of rotatable bonds is 3. The van der Waals surface area contributed by atoms with Crippen molar-refractivity contribution in [2.24, 2.45) is 0 Å². The van der Waals surface area contributed by atoms with E-state index in [0.717, 1.165) is 5.56 Å². The van der Waals surface area contributed by atoms with E-state index in [0.29, 0.717) is 12.2 Å². The van der Waals surface area contributed by atoms with E-state index in [-0.39, 0.29) is 5.56 Å². The molecular weight excluding hydrogens is 260 g/mol. The molecule has 0 unspecified atom stereocenters. The fraction of sp³-hybridized carbons (Fsp3) is 0.188. The van der Waals surface area contributed by atoms with Crippen LogP contribution in [0.2, 0.25) is 0 Å². The summed E-state index contributed by atoms with van der Waals surface area (Å²) in [6.07, 6.45) is 0. The molecule has 0 fully saturated rings. The number of carbonyl (C=O) groups excluding carboxylic acids is 1. The quantitative estimate of drug-likeness (QED) is 0.830. The minimum absolute atomic E-state index is 0.0123. The van der Waals surface area contributed by atoms with E-state index in [2.05, 4.69) is 0 Å². The highest BCUT2D eigenvalue weighted by atomic mass is 19.1. The van der Waals surface area contributed by atoms with Crippen LogP contribution in [0.15, 0.2) is 42.5 Å². The molecule has 0 saturated heterocycles. The second-order valence-electron chi connectivity index (χ2n) is 4.51. The average molecular weight is 275 g/mol. The van der Waals surface area contributed by atoms with Crippen LogP contribution in [0.1, 0.15) is 22.8 Å². The van der Waals surface area contributed by atoms with Gasteiger partial charge in [-0.15, -0.1) is 0 Å². The predicted octanol–water partition coefficient (Wildman–Crippen LogP) is 3.94. The lowest BCUT2D eigenvalue weighted by atomic mass is 10.1. The minimum atomic E-state index is -0.565. The molecule has 2 aromatic rings. The molecule has 0 radical (unpaired) electrons. The Morgan fingerprint density at radius 3 is 2.50 bits per heavy atom. The molecule has 1 amide bonds. The maximum absolute atomic E-state index is 13.9. The highest BCUT2D eigenvalue weighted by Crippen LogP contribution is 2.20. The van der Waals surface area contributed by atoms with Crippen LogP contribution in [0.4, 0.5) is 14.5 Å². The van der Waals surface area contributed by atoms with E-state index in [9.17, 15) is 13.6 Å². The van der Waals surface area contributed by atoms with Crippen molar-refractivity contribution >= 4 is 11.6 Å². The van der Waals surface area contributed by atoms with Crippen molar-refractivity contribution in [1.29, 1.82) is 0 Å². The first-order chi connectivity index (χ1) is 9.52. The van der Waals surface area contributed by atoms with Crippen LogP contribution in [0, 0.1) is 18.6 Å². The number of hydrogen-bond donors (Lipinski definition) is 0. The Morgan fingerprint density at radius 2 is 1.90 bits per heavy atom. The molecule has 0 aliphatic heterocycles. The zero-order valence-electron chi connectivity index (χ0n) is 11.4. The maximum Gasteiger partial charge on any atom is 0.261 e. The first kappa shape index (κ1) is 14.2. The number of nitrogens with zero attached hydrogens (tertiary/aromatic N) is 1. The van der Waals surface area contributed by atoms with Gasteiger partial charge in [0, 0.05) is 12.2 Å². The molecule has 0 spiro atoms. The van der Waals surface area contributed by atoms with E-state index in [4.69, 9.17) is 0 Å². The van der Waals surface area contributed by atoms with Crippen molar-refractivity contribution in [3.8, 4) is 0 Å². The van der Waals surface area contributed by atoms with Gasteiger partial charge in [-0.2, -0.15) is 0 Å². The zero-order valence-corrected chi connectivity index (χ0v) is 11.4. The summed E-state index contributed by atoms with van der Waals surface area (Å²) in [6, 6.07) is 10.1. The van der Waals surface area contributed by atoms with Crippen molar-refractivity contribution in [2.75, 3.05) is 11.4 Å². The summed E-state index contributed by atoms with van der Waals surface area (Å²) in [6.45, 7) is 3.84. The van der Waals surface area contributed by atoms with Gasteiger partial charge in [0.15, 0.2) is 0 Å². The number of amides is 1. The third-order valence-electron chi connectivity index (χ3n) is 3.04. The van der Waals surface area contributed by atoms with E-state index in [1.807, 2.05) is 0 Å². The molecule has 4 heteroatoms. The molecule has 0 aliphatic rings. The Balaban J connectivity index is 2.39. The molecule has 0 aromatic heterocycles. The Hall–Kier alpha value is -2.23. The van der Waals surface area contributed by atoms with Gasteiger partial charge in [0.25, 0.3) is 5.91 Å². The second kappa shape index (κ2) is 5.82. The lowest BCUT2D eigenvalue weighted by Crippen LogP contribution is -2.31. The average Bonchev–Trinajstić information content (AvgIpc) is 2.39. The van der Waals surface area contributed by atoms with Crippen molar-refractivity contribution < 1.29 is 13.6 Å². The molecule has 0 heterocycles. The number of hydrogen-bond acceptors (Lipinski definition) is 1. The zero-order chi connectivity index (χ0) is 14.7. The Labute approximate surface area is 116 Å². The summed E-state index contributed by atoms with van der Waals surface area (Å²) >= 11 is 0. The normalized spacial score (nSPS) is 10.4. The molecule has 0 atom stereocenters. The molecule has 20 heavy (non-hydrogen) atoms. The molecular formula is C16H15F2NO. The highest BCUT2D eigenvalue weighted by Gasteiger charge is 2.19. The van der Waals surface area contributed by atoms with Gasteiger partial charge in [-0.3, -0.25) is 4.79 Å². The molecule has 104 valence electrons. The Kier molecular flexibility index (Phi) is 4.13. The third-order valence-corrected chi connectivity index (χ3v) is 3.04. The van der Waals surface area contributed by atoms with Crippen LogP contribution < -0.4 is 4.90 Å². The SMILES string of the molecule is CCN(C(=O)c1ccc(C)cc1F)c1cccc(F)c1. The Morgan fingerprint density at radius 1 is 1.15 bits per heavy atom. The van der Waals surface area contributed by atoms with Crippen molar-refractivity contribution in [1.82, 2.24) is 0 Å². The van der Waals surface area contributed by atoms with Gasteiger partial charge in [-0.1, -0.05) is 12.1 Å².